The lowest BCUT2D eigenvalue weighted by Crippen LogP contribution is -2.40. The van der Waals surface area contributed by atoms with Crippen molar-refractivity contribution in [1.29, 1.82) is 5.26 Å². The number of hydrogen-bond acceptors (Lipinski definition) is 3. The van der Waals surface area contributed by atoms with Crippen molar-refractivity contribution in [3.63, 3.8) is 0 Å². The molecule has 0 N–H and O–H groups in total. The third-order valence-electron chi connectivity index (χ3n) is 6.18. The fourth-order valence-corrected chi connectivity index (χ4v) is 5.04. The standard InChI is InChI=1S/C19H16N2O2/c20-8-10-1-3-11(4-2-10)9-21-18(22)16-12-5-6-13(15-7-14(12)15)17(16)19(21)23/h1-6,12-17H,7,9H2/t12-,13-,14-,15-,16+,17+/m0/s1. The van der Waals surface area contributed by atoms with Gasteiger partial charge >= 0.3 is 0 Å². The highest BCUT2D eigenvalue weighted by molar-refractivity contribution is 6.06. The molecule has 23 heavy (non-hydrogen) atoms. The molecule has 6 atom stereocenters. The number of nitrogens with zero attached hydrogens (tertiary/aromatic N) is 2. The first-order valence-electron chi connectivity index (χ1n) is 8.21. The number of carbonyl (C=O) groups is 2. The zero-order valence-corrected chi connectivity index (χ0v) is 12.6. The van der Waals surface area contributed by atoms with E-state index in [2.05, 4.69) is 18.2 Å². The van der Waals surface area contributed by atoms with E-state index in [-0.39, 0.29) is 35.5 Å². The second-order valence-electron chi connectivity index (χ2n) is 7.23. The van der Waals surface area contributed by atoms with Crippen molar-refractivity contribution >= 4 is 11.8 Å². The van der Waals surface area contributed by atoms with E-state index < -0.39 is 0 Å². The fraction of sp³-hybridized carbons (Fsp3) is 0.421. The smallest absolute Gasteiger partial charge is 0.234 e. The summed E-state index contributed by atoms with van der Waals surface area (Å²) < 4.78 is 0. The van der Waals surface area contributed by atoms with Gasteiger partial charge in [-0.3, -0.25) is 14.5 Å². The van der Waals surface area contributed by atoms with Crippen LogP contribution in [0.4, 0.5) is 0 Å². The molecule has 2 bridgehead atoms. The molecule has 1 saturated heterocycles. The van der Waals surface area contributed by atoms with E-state index in [1.807, 2.05) is 12.1 Å². The van der Waals surface area contributed by atoms with E-state index in [1.165, 1.54) is 11.3 Å². The van der Waals surface area contributed by atoms with Gasteiger partial charge in [0.1, 0.15) is 0 Å². The highest BCUT2D eigenvalue weighted by Crippen LogP contribution is 2.65. The zero-order valence-electron chi connectivity index (χ0n) is 12.6. The Balaban J connectivity index is 1.44. The van der Waals surface area contributed by atoms with Gasteiger partial charge in [-0.15, -0.1) is 0 Å². The van der Waals surface area contributed by atoms with Crippen molar-refractivity contribution in [1.82, 2.24) is 4.90 Å². The van der Waals surface area contributed by atoms with Gasteiger partial charge in [-0.2, -0.15) is 5.26 Å². The highest BCUT2D eigenvalue weighted by Gasteiger charge is 2.66. The number of nitriles is 1. The summed E-state index contributed by atoms with van der Waals surface area (Å²) in [6.45, 7) is 0.325. The Morgan fingerprint density at radius 1 is 1.00 bits per heavy atom. The lowest BCUT2D eigenvalue weighted by Gasteiger charge is -2.37. The van der Waals surface area contributed by atoms with Crippen molar-refractivity contribution in [3.05, 3.63) is 47.5 Å². The molecule has 3 fully saturated rings. The Hall–Kier alpha value is -2.41. The number of hydrogen-bond donors (Lipinski definition) is 0. The Morgan fingerprint density at radius 3 is 2.09 bits per heavy atom. The zero-order chi connectivity index (χ0) is 15.7. The Morgan fingerprint density at radius 2 is 1.57 bits per heavy atom. The maximum atomic E-state index is 12.9. The molecule has 2 saturated carbocycles. The molecule has 2 amide bonds. The molecular formula is C19H16N2O2. The Bertz CT molecular complexity index is 753. The van der Waals surface area contributed by atoms with Crippen molar-refractivity contribution in [2.24, 2.45) is 35.5 Å². The van der Waals surface area contributed by atoms with E-state index in [9.17, 15) is 9.59 Å². The maximum Gasteiger partial charge on any atom is 0.234 e. The van der Waals surface area contributed by atoms with Gasteiger partial charge in [-0.1, -0.05) is 24.3 Å². The summed E-state index contributed by atoms with van der Waals surface area (Å²) in [5.74, 6) is 1.59. The number of amides is 2. The summed E-state index contributed by atoms with van der Waals surface area (Å²) in [6, 6.07) is 9.19. The highest BCUT2D eigenvalue weighted by atomic mass is 16.2. The number of carbonyl (C=O) groups excluding carboxylic acids is 2. The summed E-state index contributed by atoms with van der Waals surface area (Å²) in [6.07, 6.45) is 5.57. The van der Waals surface area contributed by atoms with Crippen LogP contribution < -0.4 is 0 Å². The molecule has 1 heterocycles. The van der Waals surface area contributed by atoms with Crippen LogP contribution in [-0.4, -0.2) is 16.7 Å². The minimum absolute atomic E-state index is 0.00839. The van der Waals surface area contributed by atoms with Crippen LogP contribution >= 0.6 is 0 Å². The normalized spacial score (nSPS) is 39.2. The molecule has 1 aromatic rings. The Kier molecular flexibility index (Phi) is 2.45. The van der Waals surface area contributed by atoms with Gasteiger partial charge in [-0.25, -0.2) is 0 Å². The van der Waals surface area contributed by atoms with Gasteiger partial charge < -0.3 is 0 Å². The summed E-state index contributed by atoms with van der Waals surface area (Å²) in [4.78, 5) is 27.2. The average Bonchev–Trinajstić information content (AvgIpc) is 3.37. The third kappa shape index (κ3) is 1.65. The maximum absolute atomic E-state index is 12.9. The van der Waals surface area contributed by atoms with E-state index in [4.69, 9.17) is 5.26 Å². The predicted octanol–water partition coefficient (Wildman–Crippen LogP) is 2.11. The molecule has 5 aliphatic rings. The van der Waals surface area contributed by atoms with Crippen molar-refractivity contribution in [3.8, 4) is 6.07 Å². The minimum Gasteiger partial charge on any atom is -0.278 e. The van der Waals surface area contributed by atoms with Crippen LogP contribution in [-0.2, 0) is 16.1 Å². The topological polar surface area (TPSA) is 61.2 Å². The lowest BCUT2D eigenvalue weighted by atomic mass is 9.63. The number of likely N-dealkylation sites (tertiary alicyclic amines) is 1. The molecule has 4 nitrogen and oxygen atoms in total. The molecule has 1 aliphatic heterocycles. The van der Waals surface area contributed by atoms with Crippen LogP contribution in [0.2, 0.25) is 0 Å². The van der Waals surface area contributed by atoms with Crippen LogP contribution in [0, 0.1) is 46.8 Å². The second-order valence-corrected chi connectivity index (χ2v) is 7.23. The summed E-state index contributed by atoms with van der Waals surface area (Å²) >= 11 is 0. The van der Waals surface area contributed by atoms with Crippen molar-refractivity contribution in [2.75, 3.05) is 0 Å². The first-order valence-corrected chi connectivity index (χ1v) is 8.21. The number of rotatable bonds is 2. The Labute approximate surface area is 134 Å². The van der Waals surface area contributed by atoms with Gasteiger partial charge in [0.15, 0.2) is 0 Å². The van der Waals surface area contributed by atoms with E-state index in [0.717, 1.165) is 5.56 Å². The lowest BCUT2D eigenvalue weighted by molar-refractivity contribution is -0.140. The van der Waals surface area contributed by atoms with E-state index in [1.54, 1.807) is 12.1 Å². The number of imide groups is 1. The number of benzene rings is 1. The molecule has 4 aliphatic carbocycles. The van der Waals surface area contributed by atoms with Crippen LogP contribution in [0.3, 0.4) is 0 Å². The van der Waals surface area contributed by atoms with E-state index in [0.29, 0.717) is 23.9 Å². The molecule has 0 unspecified atom stereocenters. The van der Waals surface area contributed by atoms with Crippen molar-refractivity contribution < 1.29 is 9.59 Å². The number of allylic oxidation sites excluding steroid dienone is 2. The molecule has 0 spiro atoms. The fourth-order valence-electron chi connectivity index (χ4n) is 5.04. The average molecular weight is 304 g/mol. The quantitative estimate of drug-likeness (QED) is 0.621. The molecule has 0 aromatic heterocycles. The first kappa shape index (κ1) is 13.1. The van der Waals surface area contributed by atoms with Crippen molar-refractivity contribution in [2.45, 2.75) is 13.0 Å². The molecule has 1 aromatic carbocycles. The van der Waals surface area contributed by atoms with Gasteiger partial charge in [0.25, 0.3) is 0 Å². The first-order chi connectivity index (χ1) is 11.2. The molecule has 0 radical (unpaired) electrons. The minimum atomic E-state index is -0.125. The van der Waals surface area contributed by atoms with Crippen LogP contribution in [0.25, 0.3) is 0 Å². The van der Waals surface area contributed by atoms with E-state index >= 15 is 0 Å². The predicted molar refractivity (Wildman–Crippen MR) is 81.4 cm³/mol. The SMILES string of the molecule is N#Cc1ccc(CN2C(=O)[C@@H]3[C@H]4C=C[C@@H]([C@@H]5C[C@@H]45)[C@H]3C2=O)cc1. The van der Waals surface area contributed by atoms with Gasteiger partial charge in [-0.05, 0) is 47.8 Å². The summed E-state index contributed by atoms with van der Waals surface area (Å²) in [5.41, 5.74) is 1.48. The van der Waals surface area contributed by atoms with Crippen LogP contribution in [0.15, 0.2) is 36.4 Å². The summed E-state index contributed by atoms with van der Waals surface area (Å²) in [5, 5.41) is 8.86. The molecule has 6 rings (SSSR count). The third-order valence-corrected chi connectivity index (χ3v) is 6.18. The summed E-state index contributed by atoms with van der Waals surface area (Å²) in [7, 11) is 0. The van der Waals surface area contributed by atoms with Gasteiger partial charge in [0, 0.05) is 0 Å². The monoisotopic (exact) mass is 304 g/mol. The largest absolute Gasteiger partial charge is 0.278 e. The molecular weight excluding hydrogens is 288 g/mol. The second kappa shape index (κ2) is 4.32. The van der Waals surface area contributed by atoms with Gasteiger partial charge in [0.2, 0.25) is 11.8 Å². The van der Waals surface area contributed by atoms with Crippen LogP contribution in [0.5, 0.6) is 0 Å². The molecule has 114 valence electrons. The van der Waals surface area contributed by atoms with Crippen LogP contribution in [0.1, 0.15) is 17.5 Å². The molecule has 4 heteroatoms. The van der Waals surface area contributed by atoms with Gasteiger partial charge in [0.05, 0.1) is 30.0 Å².